The molecule has 0 amide bonds. The van der Waals surface area contributed by atoms with Gasteiger partial charge in [-0.1, -0.05) is 18.5 Å². The summed E-state index contributed by atoms with van der Waals surface area (Å²) in [6.07, 6.45) is 1.59. The predicted molar refractivity (Wildman–Crippen MR) is 61.5 cm³/mol. The minimum atomic E-state index is -0.686. The molecule has 0 spiro atoms. The molecule has 96 valence electrons. The highest BCUT2D eigenvalue weighted by atomic mass is 19.1. The molecule has 0 fully saturated rings. The molecule has 1 unspecified atom stereocenters. The SMILES string of the molecule is CCCC(N)c1nc(-c2cc(F)cc(F)c2)no1. The smallest absolute Gasteiger partial charge is 0.243 e. The zero-order valence-corrected chi connectivity index (χ0v) is 9.86. The van der Waals surface area contributed by atoms with E-state index < -0.39 is 11.6 Å². The molecule has 1 atom stereocenters. The standard InChI is InChI=1S/C12H13F2N3O/c1-2-3-10(15)12-16-11(17-18-12)7-4-8(13)6-9(14)5-7/h4-6,10H,2-3,15H2,1H3. The molecule has 0 aliphatic rings. The van der Waals surface area contributed by atoms with Crippen molar-refractivity contribution in [2.75, 3.05) is 0 Å². The van der Waals surface area contributed by atoms with Gasteiger partial charge in [0, 0.05) is 11.6 Å². The number of benzene rings is 1. The maximum absolute atomic E-state index is 13.0. The Morgan fingerprint density at radius 3 is 2.56 bits per heavy atom. The summed E-state index contributed by atoms with van der Waals surface area (Å²) in [6, 6.07) is 2.72. The summed E-state index contributed by atoms with van der Waals surface area (Å²) in [5, 5.41) is 3.67. The normalized spacial score (nSPS) is 12.7. The zero-order valence-electron chi connectivity index (χ0n) is 9.86. The van der Waals surface area contributed by atoms with Gasteiger partial charge in [-0.2, -0.15) is 4.98 Å². The van der Waals surface area contributed by atoms with E-state index >= 15 is 0 Å². The minimum Gasteiger partial charge on any atom is -0.337 e. The van der Waals surface area contributed by atoms with E-state index in [0.717, 1.165) is 24.6 Å². The van der Waals surface area contributed by atoms with Crippen LogP contribution >= 0.6 is 0 Å². The zero-order chi connectivity index (χ0) is 13.1. The van der Waals surface area contributed by atoms with E-state index in [-0.39, 0.29) is 23.3 Å². The second-order valence-electron chi connectivity index (χ2n) is 4.01. The molecule has 4 nitrogen and oxygen atoms in total. The van der Waals surface area contributed by atoms with Crippen molar-refractivity contribution in [3.8, 4) is 11.4 Å². The van der Waals surface area contributed by atoms with Crippen molar-refractivity contribution in [3.63, 3.8) is 0 Å². The van der Waals surface area contributed by atoms with Crippen LogP contribution in [0.5, 0.6) is 0 Å². The van der Waals surface area contributed by atoms with Crippen molar-refractivity contribution in [3.05, 3.63) is 35.7 Å². The first-order chi connectivity index (χ1) is 8.60. The summed E-state index contributed by atoms with van der Waals surface area (Å²) in [7, 11) is 0. The van der Waals surface area contributed by atoms with Crippen LogP contribution in [-0.4, -0.2) is 10.1 Å². The molecule has 0 radical (unpaired) electrons. The van der Waals surface area contributed by atoms with Gasteiger partial charge in [0.25, 0.3) is 0 Å². The topological polar surface area (TPSA) is 64.9 Å². The second-order valence-corrected chi connectivity index (χ2v) is 4.01. The van der Waals surface area contributed by atoms with Crippen LogP contribution in [0.3, 0.4) is 0 Å². The Morgan fingerprint density at radius 2 is 1.94 bits per heavy atom. The Hall–Kier alpha value is -1.82. The first-order valence-electron chi connectivity index (χ1n) is 5.65. The van der Waals surface area contributed by atoms with Gasteiger partial charge in [0.2, 0.25) is 11.7 Å². The Balaban J connectivity index is 2.29. The summed E-state index contributed by atoms with van der Waals surface area (Å²) in [6.45, 7) is 1.99. The average Bonchev–Trinajstić information content (AvgIpc) is 2.77. The Labute approximate surface area is 103 Å². The molecule has 0 saturated carbocycles. The van der Waals surface area contributed by atoms with Gasteiger partial charge < -0.3 is 10.3 Å². The summed E-state index contributed by atoms with van der Waals surface area (Å²) in [5.74, 6) is -0.963. The van der Waals surface area contributed by atoms with E-state index in [1.54, 1.807) is 0 Å². The maximum atomic E-state index is 13.0. The first-order valence-corrected chi connectivity index (χ1v) is 5.65. The number of halogens is 2. The Bertz CT molecular complexity index is 522. The van der Waals surface area contributed by atoms with Gasteiger partial charge in [-0.25, -0.2) is 8.78 Å². The van der Waals surface area contributed by atoms with Gasteiger partial charge in [-0.15, -0.1) is 0 Å². The van der Waals surface area contributed by atoms with Gasteiger partial charge in [0.1, 0.15) is 11.6 Å². The van der Waals surface area contributed by atoms with Crippen LogP contribution in [0.1, 0.15) is 31.7 Å². The van der Waals surface area contributed by atoms with Gasteiger partial charge in [0.15, 0.2) is 0 Å². The van der Waals surface area contributed by atoms with E-state index in [9.17, 15) is 8.78 Å². The molecule has 0 aliphatic heterocycles. The lowest BCUT2D eigenvalue weighted by Crippen LogP contribution is -2.09. The first kappa shape index (κ1) is 12.6. The second kappa shape index (κ2) is 5.22. The van der Waals surface area contributed by atoms with Crippen molar-refractivity contribution in [2.24, 2.45) is 5.73 Å². The van der Waals surface area contributed by atoms with E-state index in [1.807, 2.05) is 6.92 Å². The average molecular weight is 253 g/mol. The molecule has 1 heterocycles. The molecule has 1 aromatic carbocycles. The number of nitrogens with zero attached hydrogens (tertiary/aromatic N) is 2. The van der Waals surface area contributed by atoms with Crippen molar-refractivity contribution in [2.45, 2.75) is 25.8 Å². The van der Waals surface area contributed by atoms with Crippen LogP contribution in [0, 0.1) is 11.6 Å². The lowest BCUT2D eigenvalue weighted by atomic mass is 10.2. The van der Waals surface area contributed by atoms with Gasteiger partial charge in [-0.05, 0) is 18.6 Å². The molecule has 0 aliphatic carbocycles. The molecular formula is C12H13F2N3O. The highest BCUT2D eigenvalue weighted by molar-refractivity contribution is 5.54. The Kier molecular flexibility index (Phi) is 3.66. The van der Waals surface area contributed by atoms with E-state index in [4.69, 9.17) is 10.3 Å². The third kappa shape index (κ3) is 2.70. The van der Waals surface area contributed by atoms with Gasteiger partial charge in [-0.3, -0.25) is 0 Å². The fourth-order valence-electron chi connectivity index (χ4n) is 1.62. The lowest BCUT2D eigenvalue weighted by molar-refractivity contribution is 0.348. The highest BCUT2D eigenvalue weighted by Crippen LogP contribution is 2.21. The largest absolute Gasteiger partial charge is 0.337 e. The van der Waals surface area contributed by atoms with Crippen LogP contribution in [0.4, 0.5) is 8.78 Å². The van der Waals surface area contributed by atoms with Crippen molar-refractivity contribution in [1.82, 2.24) is 10.1 Å². The molecule has 2 rings (SSSR count). The number of aromatic nitrogens is 2. The van der Waals surface area contributed by atoms with Crippen LogP contribution in [0.2, 0.25) is 0 Å². The van der Waals surface area contributed by atoms with E-state index in [2.05, 4.69) is 10.1 Å². The molecule has 0 saturated heterocycles. The molecule has 6 heteroatoms. The van der Waals surface area contributed by atoms with Gasteiger partial charge >= 0.3 is 0 Å². The van der Waals surface area contributed by atoms with Gasteiger partial charge in [0.05, 0.1) is 6.04 Å². The van der Waals surface area contributed by atoms with Crippen molar-refractivity contribution < 1.29 is 13.3 Å². The van der Waals surface area contributed by atoms with Crippen LogP contribution in [-0.2, 0) is 0 Å². The minimum absolute atomic E-state index is 0.134. The van der Waals surface area contributed by atoms with E-state index in [0.29, 0.717) is 6.42 Å². The fraction of sp³-hybridized carbons (Fsp3) is 0.333. The summed E-state index contributed by atoms with van der Waals surface area (Å²) < 4.78 is 31.1. The van der Waals surface area contributed by atoms with Crippen LogP contribution < -0.4 is 5.73 Å². The quantitative estimate of drug-likeness (QED) is 0.909. The van der Waals surface area contributed by atoms with Crippen molar-refractivity contribution >= 4 is 0 Å². The summed E-state index contributed by atoms with van der Waals surface area (Å²) in [4.78, 5) is 4.05. The third-order valence-electron chi connectivity index (χ3n) is 2.48. The number of rotatable bonds is 4. The molecule has 1 aromatic heterocycles. The molecule has 2 N–H and O–H groups in total. The maximum Gasteiger partial charge on any atom is 0.243 e. The monoisotopic (exact) mass is 253 g/mol. The van der Waals surface area contributed by atoms with E-state index in [1.165, 1.54) is 0 Å². The van der Waals surface area contributed by atoms with Crippen LogP contribution in [0.15, 0.2) is 22.7 Å². The molecule has 0 bridgehead atoms. The summed E-state index contributed by atoms with van der Waals surface area (Å²) >= 11 is 0. The predicted octanol–water partition coefficient (Wildman–Crippen LogP) is 2.81. The third-order valence-corrected chi connectivity index (χ3v) is 2.48. The molecule has 2 aromatic rings. The van der Waals surface area contributed by atoms with Crippen LogP contribution in [0.25, 0.3) is 11.4 Å². The highest BCUT2D eigenvalue weighted by Gasteiger charge is 2.15. The molecule has 18 heavy (non-hydrogen) atoms. The summed E-state index contributed by atoms with van der Waals surface area (Å²) in [5.41, 5.74) is 6.04. The fourth-order valence-corrected chi connectivity index (χ4v) is 1.62. The van der Waals surface area contributed by atoms with Crippen molar-refractivity contribution in [1.29, 1.82) is 0 Å². The number of nitrogens with two attached hydrogens (primary N) is 1. The molecular weight excluding hydrogens is 240 g/mol. The number of hydrogen-bond acceptors (Lipinski definition) is 4. The Morgan fingerprint density at radius 1 is 1.28 bits per heavy atom. The lowest BCUT2D eigenvalue weighted by Gasteiger charge is -2.02. The number of hydrogen-bond donors (Lipinski definition) is 1.